The van der Waals surface area contributed by atoms with Crippen LogP contribution in [0.25, 0.3) is 0 Å². The first-order valence-electron chi connectivity index (χ1n) is 4.85. The molecule has 0 aliphatic carbocycles. The van der Waals surface area contributed by atoms with Gasteiger partial charge in [-0.2, -0.15) is 0 Å². The second-order valence-electron chi connectivity index (χ2n) is 3.77. The lowest BCUT2D eigenvalue weighted by atomic mass is 10.0. The van der Waals surface area contributed by atoms with E-state index < -0.39 is 0 Å². The summed E-state index contributed by atoms with van der Waals surface area (Å²) in [5, 5.41) is 0.720. The van der Waals surface area contributed by atoms with Crippen LogP contribution >= 0.6 is 27.5 Å². The molecule has 1 aromatic rings. The fourth-order valence-corrected chi connectivity index (χ4v) is 2.34. The number of hydrogen-bond acceptors (Lipinski definition) is 1. The van der Waals surface area contributed by atoms with Gasteiger partial charge in [-0.25, -0.2) is 0 Å². The van der Waals surface area contributed by atoms with Crippen LogP contribution in [0.2, 0.25) is 5.02 Å². The Hall–Kier alpha value is -0.310. The lowest BCUT2D eigenvalue weighted by molar-refractivity contribution is 0.647. The predicted molar refractivity (Wildman–Crippen MR) is 70.1 cm³/mol. The van der Waals surface area contributed by atoms with Crippen LogP contribution in [0, 0.1) is 0 Å². The Bertz CT molecular complexity index is 363. The third-order valence-electron chi connectivity index (χ3n) is 2.24. The van der Waals surface area contributed by atoms with Crippen LogP contribution in [0.1, 0.15) is 31.4 Å². The number of rotatable bonds is 4. The maximum Gasteiger partial charge on any atom is 0.0417 e. The Morgan fingerprint density at radius 1 is 1.60 bits per heavy atom. The third-order valence-corrected chi connectivity index (χ3v) is 3.17. The summed E-state index contributed by atoms with van der Waals surface area (Å²) >= 11 is 9.33. The minimum Gasteiger partial charge on any atom is -0.324 e. The zero-order valence-electron chi connectivity index (χ0n) is 8.76. The Morgan fingerprint density at radius 3 is 2.80 bits per heavy atom. The molecule has 1 rings (SSSR count). The smallest absolute Gasteiger partial charge is 0.0417 e. The van der Waals surface area contributed by atoms with Crippen molar-refractivity contribution in [2.24, 2.45) is 5.73 Å². The van der Waals surface area contributed by atoms with Gasteiger partial charge in [0.15, 0.2) is 0 Å². The molecule has 1 aromatic carbocycles. The highest BCUT2D eigenvalue weighted by atomic mass is 79.9. The lowest BCUT2D eigenvalue weighted by Gasteiger charge is -2.14. The molecule has 3 heteroatoms. The third kappa shape index (κ3) is 3.98. The molecule has 0 aliphatic heterocycles. The van der Waals surface area contributed by atoms with Crippen LogP contribution in [0.15, 0.2) is 34.8 Å². The highest BCUT2D eigenvalue weighted by Gasteiger charge is 2.09. The molecule has 1 unspecified atom stereocenters. The van der Waals surface area contributed by atoms with Crippen LogP contribution in [0.4, 0.5) is 0 Å². The molecule has 0 fully saturated rings. The SMILES string of the molecule is C=C(C)CCC(N)c1ccc(Cl)cc1Br. The second-order valence-corrected chi connectivity index (χ2v) is 5.06. The highest BCUT2D eigenvalue weighted by molar-refractivity contribution is 9.10. The first-order chi connectivity index (χ1) is 7.00. The Kier molecular flexibility index (Phi) is 4.84. The van der Waals surface area contributed by atoms with Crippen LogP contribution < -0.4 is 5.73 Å². The zero-order valence-corrected chi connectivity index (χ0v) is 11.1. The Labute approximate surface area is 104 Å². The average molecular weight is 289 g/mol. The van der Waals surface area contributed by atoms with Crippen molar-refractivity contribution in [3.8, 4) is 0 Å². The molecule has 15 heavy (non-hydrogen) atoms. The molecule has 0 aliphatic rings. The molecular formula is C12H15BrClN. The summed E-state index contributed by atoms with van der Waals surface area (Å²) in [6.07, 6.45) is 1.87. The van der Waals surface area contributed by atoms with E-state index in [9.17, 15) is 0 Å². The standard InChI is InChI=1S/C12H15BrClN/c1-8(2)3-6-12(15)10-5-4-9(14)7-11(10)13/h4-5,7,12H,1,3,6,15H2,2H3. The van der Waals surface area contributed by atoms with Gasteiger partial charge < -0.3 is 5.73 Å². The number of halogens is 2. The van der Waals surface area contributed by atoms with Crippen molar-refractivity contribution < 1.29 is 0 Å². The fraction of sp³-hybridized carbons (Fsp3) is 0.333. The molecule has 0 bridgehead atoms. The van der Waals surface area contributed by atoms with Gasteiger partial charge in [0.2, 0.25) is 0 Å². The van der Waals surface area contributed by atoms with Gasteiger partial charge in [0.25, 0.3) is 0 Å². The summed E-state index contributed by atoms with van der Waals surface area (Å²) in [5.74, 6) is 0. The molecular weight excluding hydrogens is 273 g/mol. The van der Waals surface area contributed by atoms with E-state index in [0.717, 1.165) is 33.5 Å². The first-order valence-corrected chi connectivity index (χ1v) is 6.02. The lowest BCUT2D eigenvalue weighted by Crippen LogP contribution is -2.10. The summed E-state index contributed by atoms with van der Waals surface area (Å²) in [7, 11) is 0. The van der Waals surface area contributed by atoms with Gasteiger partial charge in [0.1, 0.15) is 0 Å². The molecule has 2 N–H and O–H groups in total. The minimum absolute atomic E-state index is 0.0355. The van der Waals surface area contributed by atoms with Gasteiger partial charge >= 0.3 is 0 Å². The quantitative estimate of drug-likeness (QED) is 0.813. The molecule has 1 nitrogen and oxygen atoms in total. The summed E-state index contributed by atoms with van der Waals surface area (Å²) in [6, 6.07) is 5.74. The largest absolute Gasteiger partial charge is 0.324 e. The van der Waals surface area contributed by atoms with Crippen molar-refractivity contribution in [2.75, 3.05) is 0 Å². The molecule has 82 valence electrons. The summed E-state index contributed by atoms with van der Waals surface area (Å²) < 4.78 is 0.976. The topological polar surface area (TPSA) is 26.0 Å². The van der Waals surface area contributed by atoms with Crippen LogP contribution in [0.5, 0.6) is 0 Å². The number of nitrogens with two attached hydrogens (primary N) is 1. The van der Waals surface area contributed by atoms with E-state index in [-0.39, 0.29) is 6.04 Å². The van der Waals surface area contributed by atoms with E-state index in [1.807, 2.05) is 25.1 Å². The van der Waals surface area contributed by atoms with Crippen molar-refractivity contribution in [3.05, 3.63) is 45.4 Å². The van der Waals surface area contributed by atoms with Gasteiger partial charge in [-0.1, -0.05) is 39.2 Å². The van der Waals surface area contributed by atoms with Gasteiger partial charge in [0.05, 0.1) is 0 Å². The van der Waals surface area contributed by atoms with Crippen molar-refractivity contribution in [3.63, 3.8) is 0 Å². The van der Waals surface area contributed by atoms with E-state index in [2.05, 4.69) is 22.5 Å². The van der Waals surface area contributed by atoms with Gasteiger partial charge in [-0.3, -0.25) is 0 Å². The molecule has 1 atom stereocenters. The second kappa shape index (κ2) is 5.69. The van der Waals surface area contributed by atoms with Gasteiger partial charge in [-0.15, -0.1) is 6.58 Å². The van der Waals surface area contributed by atoms with E-state index in [1.165, 1.54) is 0 Å². The monoisotopic (exact) mass is 287 g/mol. The van der Waals surface area contributed by atoms with Crippen LogP contribution in [0.3, 0.4) is 0 Å². The van der Waals surface area contributed by atoms with E-state index >= 15 is 0 Å². The summed E-state index contributed by atoms with van der Waals surface area (Å²) in [4.78, 5) is 0. The van der Waals surface area contributed by atoms with Crippen molar-refractivity contribution >= 4 is 27.5 Å². The molecule has 0 saturated heterocycles. The first kappa shape index (κ1) is 12.8. The summed E-state index contributed by atoms with van der Waals surface area (Å²) in [6.45, 7) is 5.89. The molecule has 0 aromatic heterocycles. The normalized spacial score (nSPS) is 12.5. The van der Waals surface area contributed by atoms with Crippen molar-refractivity contribution in [2.45, 2.75) is 25.8 Å². The van der Waals surface area contributed by atoms with E-state index in [4.69, 9.17) is 17.3 Å². The molecule has 0 saturated carbocycles. The number of benzene rings is 1. The van der Waals surface area contributed by atoms with Gasteiger partial charge in [0, 0.05) is 15.5 Å². The maximum atomic E-state index is 6.08. The number of hydrogen-bond donors (Lipinski definition) is 1. The van der Waals surface area contributed by atoms with E-state index in [0.29, 0.717) is 0 Å². The maximum absolute atomic E-state index is 6.08. The average Bonchev–Trinajstić information content (AvgIpc) is 2.14. The predicted octanol–water partition coefficient (Wildman–Crippen LogP) is 4.46. The van der Waals surface area contributed by atoms with Crippen molar-refractivity contribution in [1.82, 2.24) is 0 Å². The highest BCUT2D eigenvalue weighted by Crippen LogP contribution is 2.28. The van der Waals surface area contributed by atoms with Gasteiger partial charge in [-0.05, 0) is 37.5 Å². The minimum atomic E-state index is 0.0355. The molecule has 0 heterocycles. The van der Waals surface area contributed by atoms with Crippen LogP contribution in [-0.4, -0.2) is 0 Å². The molecule has 0 amide bonds. The van der Waals surface area contributed by atoms with Crippen molar-refractivity contribution in [1.29, 1.82) is 0 Å². The molecule has 0 radical (unpaired) electrons. The Morgan fingerprint density at radius 2 is 2.27 bits per heavy atom. The Balaban J connectivity index is 2.73. The number of allylic oxidation sites excluding steroid dienone is 1. The summed E-state index contributed by atoms with van der Waals surface area (Å²) in [5.41, 5.74) is 8.34. The zero-order chi connectivity index (χ0) is 11.4. The van der Waals surface area contributed by atoms with E-state index in [1.54, 1.807) is 0 Å². The van der Waals surface area contributed by atoms with Crippen LogP contribution in [-0.2, 0) is 0 Å². The fourth-order valence-electron chi connectivity index (χ4n) is 1.36. The molecule has 0 spiro atoms.